The van der Waals surface area contributed by atoms with Gasteiger partial charge in [0.1, 0.15) is 0 Å². The standard InChI is InChI=1S/C8H16BrNOS/c1-7(12-2)4-6-10-8(11)3-5-9/h7H,3-6H2,1-2H3,(H,10,11). The van der Waals surface area contributed by atoms with Gasteiger partial charge in [-0.15, -0.1) is 0 Å². The summed E-state index contributed by atoms with van der Waals surface area (Å²) in [4.78, 5) is 11.0. The van der Waals surface area contributed by atoms with E-state index in [9.17, 15) is 4.79 Å². The molecule has 2 nitrogen and oxygen atoms in total. The average Bonchev–Trinajstić information content (AvgIpc) is 2.04. The van der Waals surface area contributed by atoms with E-state index in [1.165, 1.54) is 0 Å². The molecule has 0 aliphatic carbocycles. The first-order valence-corrected chi connectivity index (χ1v) is 6.47. The minimum Gasteiger partial charge on any atom is -0.356 e. The van der Waals surface area contributed by atoms with Crippen LogP contribution in [-0.2, 0) is 4.79 Å². The minimum atomic E-state index is 0.139. The summed E-state index contributed by atoms with van der Waals surface area (Å²) >= 11 is 5.05. The fraction of sp³-hybridized carbons (Fsp3) is 0.875. The molecule has 0 bridgehead atoms. The van der Waals surface area contributed by atoms with Crippen molar-refractivity contribution in [2.45, 2.75) is 25.0 Å². The van der Waals surface area contributed by atoms with Crippen LogP contribution < -0.4 is 5.32 Å². The molecule has 0 fully saturated rings. The van der Waals surface area contributed by atoms with Gasteiger partial charge in [0.15, 0.2) is 0 Å². The molecule has 0 aromatic heterocycles. The molecule has 4 heteroatoms. The first kappa shape index (κ1) is 12.3. The molecule has 0 radical (unpaired) electrons. The van der Waals surface area contributed by atoms with E-state index in [-0.39, 0.29) is 5.91 Å². The number of carbonyl (C=O) groups excluding carboxylic acids is 1. The molecule has 72 valence electrons. The van der Waals surface area contributed by atoms with E-state index < -0.39 is 0 Å². The molecule has 1 amide bonds. The molecule has 0 aliphatic rings. The highest BCUT2D eigenvalue weighted by atomic mass is 79.9. The third-order valence-corrected chi connectivity index (χ3v) is 3.03. The van der Waals surface area contributed by atoms with Crippen LogP contribution in [0.2, 0.25) is 0 Å². The molecular weight excluding hydrogens is 238 g/mol. The van der Waals surface area contributed by atoms with E-state index in [0.29, 0.717) is 11.7 Å². The first-order valence-electron chi connectivity index (χ1n) is 4.06. The lowest BCUT2D eigenvalue weighted by atomic mass is 10.3. The average molecular weight is 254 g/mol. The molecule has 0 saturated heterocycles. The Hall–Kier alpha value is 0.300. The fourth-order valence-electron chi connectivity index (χ4n) is 0.707. The van der Waals surface area contributed by atoms with Gasteiger partial charge in [-0.2, -0.15) is 11.8 Å². The van der Waals surface area contributed by atoms with Crippen molar-refractivity contribution in [1.82, 2.24) is 5.32 Å². The molecule has 0 aromatic carbocycles. The largest absolute Gasteiger partial charge is 0.356 e. The van der Waals surface area contributed by atoms with Crippen LogP contribution in [0.3, 0.4) is 0 Å². The zero-order chi connectivity index (χ0) is 9.40. The summed E-state index contributed by atoms with van der Waals surface area (Å²) in [6.07, 6.45) is 3.72. The van der Waals surface area contributed by atoms with Crippen molar-refractivity contribution in [3.63, 3.8) is 0 Å². The van der Waals surface area contributed by atoms with Gasteiger partial charge in [0.25, 0.3) is 0 Å². The molecule has 0 saturated carbocycles. The molecule has 1 N–H and O–H groups in total. The van der Waals surface area contributed by atoms with Gasteiger partial charge in [-0.25, -0.2) is 0 Å². The van der Waals surface area contributed by atoms with Crippen molar-refractivity contribution in [2.24, 2.45) is 0 Å². The van der Waals surface area contributed by atoms with E-state index in [4.69, 9.17) is 0 Å². The van der Waals surface area contributed by atoms with Gasteiger partial charge < -0.3 is 5.32 Å². The Bertz CT molecular complexity index is 132. The maximum atomic E-state index is 11.0. The lowest BCUT2D eigenvalue weighted by Crippen LogP contribution is -2.25. The summed E-state index contributed by atoms with van der Waals surface area (Å²) in [5.74, 6) is 0.139. The van der Waals surface area contributed by atoms with E-state index in [1.807, 2.05) is 11.8 Å². The topological polar surface area (TPSA) is 29.1 Å². The maximum absolute atomic E-state index is 11.0. The minimum absolute atomic E-state index is 0.139. The van der Waals surface area contributed by atoms with Crippen molar-refractivity contribution in [2.75, 3.05) is 18.1 Å². The zero-order valence-electron chi connectivity index (χ0n) is 7.60. The van der Waals surface area contributed by atoms with Crippen LogP contribution in [-0.4, -0.2) is 29.3 Å². The number of rotatable bonds is 6. The van der Waals surface area contributed by atoms with E-state index in [2.05, 4.69) is 34.4 Å². The fourth-order valence-corrected chi connectivity index (χ4v) is 1.42. The second-order valence-corrected chi connectivity index (χ2v) is 4.69. The number of thioether (sulfide) groups is 1. The van der Waals surface area contributed by atoms with Gasteiger partial charge in [0.05, 0.1) is 0 Å². The number of alkyl halides is 1. The second-order valence-electron chi connectivity index (χ2n) is 2.62. The molecule has 0 spiro atoms. The molecule has 0 aliphatic heterocycles. The van der Waals surface area contributed by atoms with Crippen molar-refractivity contribution in [3.05, 3.63) is 0 Å². The van der Waals surface area contributed by atoms with Crippen LogP contribution in [0.15, 0.2) is 0 Å². The van der Waals surface area contributed by atoms with Gasteiger partial charge in [-0.05, 0) is 12.7 Å². The van der Waals surface area contributed by atoms with Gasteiger partial charge in [0.2, 0.25) is 5.91 Å². The molecule has 1 unspecified atom stereocenters. The number of nitrogens with one attached hydrogen (secondary N) is 1. The Morgan fingerprint density at radius 3 is 2.83 bits per heavy atom. The molecular formula is C8H16BrNOS. The smallest absolute Gasteiger partial charge is 0.220 e. The van der Waals surface area contributed by atoms with E-state index in [1.54, 1.807) is 0 Å². The molecule has 0 aromatic rings. The lowest BCUT2D eigenvalue weighted by Gasteiger charge is -2.08. The van der Waals surface area contributed by atoms with Crippen molar-refractivity contribution in [3.8, 4) is 0 Å². The molecule has 0 rings (SSSR count). The Labute approximate surface area is 87.0 Å². The number of amides is 1. The summed E-state index contributed by atoms with van der Waals surface area (Å²) in [6, 6.07) is 0. The number of hydrogen-bond donors (Lipinski definition) is 1. The first-order chi connectivity index (χ1) is 5.70. The Balaban J connectivity index is 3.24. The third-order valence-electron chi connectivity index (χ3n) is 1.60. The van der Waals surface area contributed by atoms with Crippen molar-refractivity contribution in [1.29, 1.82) is 0 Å². The summed E-state index contributed by atoms with van der Waals surface area (Å²) in [5.41, 5.74) is 0. The Morgan fingerprint density at radius 2 is 2.33 bits per heavy atom. The van der Waals surface area contributed by atoms with Gasteiger partial charge >= 0.3 is 0 Å². The van der Waals surface area contributed by atoms with Crippen LogP contribution in [0, 0.1) is 0 Å². The maximum Gasteiger partial charge on any atom is 0.220 e. The number of carbonyl (C=O) groups is 1. The quantitative estimate of drug-likeness (QED) is 0.735. The zero-order valence-corrected chi connectivity index (χ0v) is 10.0. The third kappa shape index (κ3) is 6.98. The SMILES string of the molecule is CSC(C)CCNC(=O)CCBr. The van der Waals surface area contributed by atoms with Gasteiger partial charge in [0, 0.05) is 23.5 Å². The van der Waals surface area contributed by atoms with E-state index >= 15 is 0 Å². The van der Waals surface area contributed by atoms with Crippen LogP contribution in [0.4, 0.5) is 0 Å². The molecule has 0 heterocycles. The Kier molecular flexibility index (Phi) is 8.12. The predicted octanol–water partition coefficient (Wildman–Crippen LogP) is 2.03. The summed E-state index contributed by atoms with van der Waals surface area (Å²) in [7, 11) is 0. The van der Waals surface area contributed by atoms with Crippen LogP contribution in [0.25, 0.3) is 0 Å². The highest BCUT2D eigenvalue weighted by Gasteiger charge is 2.01. The summed E-state index contributed by atoms with van der Waals surface area (Å²) in [6.45, 7) is 2.97. The monoisotopic (exact) mass is 253 g/mol. The Morgan fingerprint density at radius 1 is 1.67 bits per heavy atom. The van der Waals surface area contributed by atoms with Crippen LogP contribution in [0.1, 0.15) is 19.8 Å². The number of halogens is 1. The van der Waals surface area contributed by atoms with Crippen molar-refractivity contribution < 1.29 is 4.79 Å². The van der Waals surface area contributed by atoms with Crippen LogP contribution >= 0.6 is 27.7 Å². The highest BCUT2D eigenvalue weighted by molar-refractivity contribution is 9.09. The predicted molar refractivity (Wildman–Crippen MR) is 59.0 cm³/mol. The summed E-state index contributed by atoms with van der Waals surface area (Å²) < 4.78 is 0. The lowest BCUT2D eigenvalue weighted by molar-refractivity contribution is -0.120. The van der Waals surface area contributed by atoms with Gasteiger partial charge in [-0.1, -0.05) is 22.9 Å². The summed E-state index contributed by atoms with van der Waals surface area (Å²) in [5, 5.41) is 4.25. The second kappa shape index (κ2) is 7.92. The normalized spacial score (nSPS) is 12.6. The van der Waals surface area contributed by atoms with E-state index in [0.717, 1.165) is 18.3 Å². The van der Waals surface area contributed by atoms with Crippen LogP contribution in [0.5, 0.6) is 0 Å². The highest BCUT2D eigenvalue weighted by Crippen LogP contribution is 2.07. The van der Waals surface area contributed by atoms with Crippen molar-refractivity contribution >= 4 is 33.6 Å². The molecule has 1 atom stereocenters. The number of hydrogen-bond acceptors (Lipinski definition) is 2. The van der Waals surface area contributed by atoms with Gasteiger partial charge in [-0.3, -0.25) is 4.79 Å². The molecule has 12 heavy (non-hydrogen) atoms.